The highest BCUT2D eigenvalue weighted by Gasteiger charge is 2.50. The zero-order valence-corrected chi connectivity index (χ0v) is 26.5. The van der Waals surface area contributed by atoms with Gasteiger partial charge in [-0.05, 0) is 32.6 Å². The highest BCUT2D eigenvalue weighted by Crippen LogP contribution is 2.45. The second kappa shape index (κ2) is 18.5. The number of nitrogens with zero attached hydrogens (tertiary/aromatic N) is 1. The minimum atomic E-state index is -5.07. The number of carbonyl (C=O) groups excluding carboxylic acids is 1. The fourth-order valence-electron chi connectivity index (χ4n) is 5.22. The lowest BCUT2D eigenvalue weighted by Gasteiger charge is -2.36. The average molecular weight is 684 g/mol. The zero-order valence-electron chi connectivity index (χ0n) is 25.6. The van der Waals surface area contributed by atoms with E-state index in [0.29, 0.717) is 51.7 Å². The molecule has 3 heterocycles. The number of hydrogen-bond acceptors (Lipinski definition) is 13. The summed E-state index contributed by atoms with van der Waals surface area (Å²) in [6.45, 7) is 1.33. The summed E-state index contributed by atoms with van der Waals surface area (Å²) in [4.78, 5) is 57.3. The van der Waals surface area contributed by atoms with E-state index in [9.17, 15) is 49.2 Å². The Kier molecular flexibility index (Phi) is 15.4. The molecule has 2 aliphatic heterocycles. The number of aryl methyl sites for hydroxylation is 1. The van der Waals surface area contributed by atoms with Crippen LogP contribution in [0.5, 0.6) is 0 Å². The Labute approximate surface area is 264 Å². The Morgan fingerprint density at radius 3 is 2.37 bits per heavy atom. The predicted octanol–water partition coefficient (Wildman–Crippen LogP) is -1.71. The van der Waals surface area contributed by atoms with Gasteiger partial charge in [0.1, 0.15) is 30.5 Å². The van der Waals surface area contributed by atoms with Crippen LogP contribution in [0.2, 0.25) is 0 Å². The van der Waals surface area contributed by atoms with Gasteiger partial charge in [-0.25, -0.2) is 9.36 Å². The molecule has 3 rings (SSSR count). The Hall–Kier alpha value is -2.06. The number of amides is 1. The Bertz CT molecular complexity index is 1260. The van der Waals surface area contributed by atoms with E-state index >= 15 is 0 Å². The van der Waals surface area contributed by atoms with Gasteiger partial charge < -0.3 is 54.5 Å². The molecule has 8 atom stereocenters. The summed E-state index contributed by atoms with van der Waals surface area (Å²) >= 11 is 0. The van der Waals surface area contributed by atoms with Crippen molar-refractivity contribution in [2.45, 2.75) is 107 Å². The molecule has 0 saturated carbocycles. The molecular formula is C27H46N3O15P. The fraction of sp³-hybridized carbons (Fsp3) is 0.815. The van der Waals surface area contributed by atoms with Gasteiger partial charge in [0.2, 0.25) is 5.91 Å². The number of phosphoric acid groups is 1. The maximum Gasteiger partial charge on any atom is 0.470 e. The molecule has 2 fully saturated rings. The third-order valence-corrected chi connectivity index (χ3v) is 8.18. The number of carbonyl (C=O) groups is 1. The number of aromatic nitrogens is 2. The molecule has 0 spiro atoms. The van der Waals surface area contributed by atoms with Crippen LogP contribution in [0, 0.1) is 6.92 Å². The summed E-state index contributed by atoms with van der Waals surface area (Å²) in [5.41, 5.74) is -1.37. The van der Waals surface area contributed by atoms with Gasteiger partial charge in [-0.1, -0.05) is 12.8 Å². The number of hydrogen-bond donors (Lipinski definition) is 8. The molecule has 1 amide bonds. The molecule has 2 saturated heterocycles. The summed E-state index contributed by atoms with van der Waals surface area (Å²) in [7, 11) is -5.07. The minimum absolute atomic E-state index is 0.0922. The second-order valence-electron chi connectivity index (χ2n) is 11.3. The van der Waals surface area contributed by atoms with Gasteiger partial charge in [0.15, 0.2) is 12.5 Å². The first-order valence-electron chi connectivity index (χ1n) is 15.3. The number of H-pyrrole nitrogens is 1. The van der Waals surface area contributed by atoms with Crippen LogP contribution < -0.4 is 16.6 Å². The smallest absolute Gasteiger partial charge is 0.394 e. The summed E-state index contributed by atoms with van der Waals surface area (Å²) in [5, 5.41) is 41.4. The predicted molar refractivity (Wildman–Crippen MR) is 157 cm³/mol. The molecule has 0 aromatic carbocycles. The highest BCUT2D eigenvalue weighted by molar-refractivity contribution is 7.46. The molecule has 1 aromatic rings. The van der Waals surface area contributed by atoms with Crippen LogP contribution in [-0.4, -0.2) is 122 Å². The number of aromatic amines is 1. The normalized spacial score (nSPS) is 28.4. The van der Waals surface area contributed by atoms with E-state index in [-0.39, 0.29) is 24.5 Å². The van der Waals surface area contributed by atoms with Gasteiger partial charge in [-0.2, -0.15) is 0 Å². The van der Waals surface area contributed by atoms with Gasteiger partial charge in [-0.15, -0.1) is 0 Å². The number of rotatable bonds is 19. The third kappa shape index (κ3) is 11.6. The Balaban J connectivity index is 1.32. The summed E-state index contributed by atoms with van der Waals surface area (Å²) in [6.07, 6.45) is -3.43. The van der Waals surface area contributed by atoms with E-state index in [2.05, 4.69) is 10.3 Å². The van der Waals surface area contributed by atoms with Crippen molar-refractivity contribution >= 4 is 13.7 Å². The fourth-order valence-corrected chi connectivity index (χ4v) is 5.76. The Morgan fingerprint density at radius 2 is 1.67 bits per heavy atom. The molecule has 18 nitrogen and oxygen atoms in total. The molecule has 46 heavy (non-hydrogen) atoms. The van der Waals surface area contributed by atoms with Crippen molar-refractivity contribution in [1.82, 2.24) is 14.9 Å². The second-order valence-corrected chi connectivity index (χ2v) is 12.5. The quantitative estimate of drug-likeness (QED) is 0.0596. The van der Waals surface area contributed by atoms with Crippen LogP contribution in [0.4, 0.5) is 0 Å². The summed E-state index contributed by atoms with van der Waals surface area (Å²) in [6, 6.07) is 0. The summed E-state index contributed by atoms with van der Waals surface area (Å²) in [5.74, 6) is -0.102. The highest BCUT2D eigenvalue weighted by atomic mass is 31.2. The van der Waals surface area contributed by atoms with Crippen LogP contribution in [-0.2, 0) is 32.8 Å². The maximum absolute atomic E-state index is 12.4. The van der Waals surface area contributed by atoms with Crippen LogP contribution in [0.3, 0.4) is 0 Å². The lowest BCUT2D eigenvalue weighted by Crippen LogP contribution is -2.50. The van der Waals surface area contributed by atoms with Gasteiger partial charge in [-0.3, -0.25) is 23.7 Å². The van der Waals surface area contributed by atoms with Crippen molar-refractivity contribution < 1.29 is 63.0 Å². The number of phosphoric ester groups is 1. The first-order valence-corrected chi connectivity index (χ1v) is 16.8. The van der Waals surface area contributed by atoms with Crippen molar-refractivity contribution in [3.05, 3.63) is 32.6 Å². The van der Waals surface area contributed by atoms with Crippen molar-refractivity contribution in [1.29, 1.82) is 0 Å². The zero-order chi connectivity index (χ0) is 33.9. The number of aliphatic hydroxyl groups is 4. The first-order chi connectivity index (χ1) is 21.8. The molecule has 2 aliphatic rings. The van der Waals surface area contributed by atoms with Gasteiger partial charge in [0.25, 0.3) is 5.56 Å². The van der Waals surface area contributed by atoms with Crippen molar-refractivity contribution in [3.8, 4) is 0 Å². The van der Waals surface area contributed by atoms with Crippen LogP contribution in [0.15, 0.2) is 15.8 Å². The molecular weight excluding hydrogens is 637 g/mol. The molecule has 0 bridgehead atoms. The van der Waals surface area contributed by atoms with Gasteiger partial charge >= 0.3 is 13.5 Å². The SMILES string of the molecule is Cc1cn([C@@H]2O[C@H](CO)C(OCCCCCCNC(=O)CCCCO[C@H]3C[C@@H](O)[C@@H](O)[C@@H](CO)O3)C2OP(=O)(O)O)c(=O)[nH]c1=O. The molecule has 2 unspecified atom stereocenters. The van der Waals surface area contributed by atoms with E-state index in [1.807, 2.05) is 0 Å². The minimum Gasteiger partial charge on any atom is -0.394 e. The first kappa shape index (κ1) is 38.4. The molecule has 0 radical (unpaired) electrons. The van der Waals surface area contributed by atoms with Crippen LogP contribution in [0.25, 0.3) is 0 Å². The lowest BCUT2D eigenvalue weighted by molar-refractivity contribution is -0.256. The van der Waals surface area contributed by atoms with Crippen molar-refractivity contribution in [2.24, 2.45) is 0 Å². The molecule has 19 heteroatoms. The third-order valence-electron chi connectivity index (χ3n) is 7.67. The van der Waals surface area contributed by atoms with E-state index in [1.165, 1.54) is 13.1 Å². The number of ether oxygens (including phenoxy) is 4. The van der Waals surface area contributed by atoms with Gasteiger partial charge in [0.05, 0.1) is 19.3 Å². The van der Waals surface area contributed by atoms with E-state index in [0.717, 1.165) is 11.0 Å². The van der Waals surface area contributed by atoms with E-state index < -0.39 is 81.4 Å². The largest absolute Gasteiger partial charge is 0.470 e. The lowest BCUT2D eigenvalue weighted by atomic mass is 10.0. The molecule has 0 aliphatic carbocycles. The molecule has 8 N–H and O–H groups in total. The average Bonchev–Trinajstić information content (AvgIpc) is 3.32. The molecule has 1 aromatic heterocycles. The summed E-state index contributed by atoms with van der Waals surface area (Å²) < 4.78 is 40.0. The monoisotopic (exact) mass is 683 g/mol. The molecule has 264 valence electrons. The standard InChI is InChI=1S/C27H46N3O15P/c1-16-13-30(27(37)29-25(16)36)26-24(45-46(38,39)40)23(19(15-32)44-26)42-11-6-3-2-5-9-28-20(34)8-4-7-10-41-21-12-17(33)22(35)18(14-31)43-21/h13,17-19,21-24,26,31-33,35H,2-12,14-15H2,1H3,(H,28,34)(H,29,36,37)(H2,38,39,40)/t17-,18-,19-,21-,22-,23?,24?,26-/m1/s1. The van der Waals surface area contributed by atoms with Crippen molar-refractivity contribution in [3.63, 3.8) is 0 Å². The Morgan fingerprint density at radius 1 is 1.00 bits per heavy atom. The van der Waals surface area contributed by atoms with Crippen LogP contribution >= 0.6 is 7.82 Å². The topological polar surface area (TPSA) is 269 Å². The number of unbranched alkanes of at least 4 members (excludes halogenated alkanes) is 4. The van der Waals surface area contributed by atoms with E-state index in [4.69, 9.17) is 23.5 Å². The number of nitrogens with one attached hydrogen (secondary N) is 2. The maximum atomic E-state index is 12.4. The van der Waals surface area contributed by atoms with Gasteiger partial charge in [0, 0.05) is 44.4 Å². The van der Waals surface area contributed by atoms with Crippen molar-refractivity contribution in [2.75, 3.05) is 33.0 Å². The van der Waals surface area contributed by atoms with E-state index in [1.54, 1.807) is 0 Å². The van der Waals surface area contributed by atoms with Crippen LogP contribution in [0.1, 0.15) is 63.2 Å². The number of aliphatic hydroxyl groups excluding tert-OH is 4.